The standard InChI is InChI=1S/C9H8BrN3S/c1-5-6(3-2-4-7(5)10)8-12-13-9(11)14-8/h2-4H,1H3,(H2,11,13). The molecule has 0 fully saturated rings. The first-order valence-electron chi connectivity index (χ1n) is 4.03. The normalized spacial score (nSPS) is 10.4. The number of nitrogens with zero attached hydrogens (tertiary/aromatic N) is 2. The minimum atomic E-state index is 0.499. The third kappa shape index (κ3) is 1.65. The van der Waals surface area contributed by atoms with E-state index in [1.165, 1.54) is 11.3 Å². The molecular weight excluding hydrogens is 262 g/mol. The molecular formula is C9H8BrN3S. The molecule has 5 heteroatoms. The van der Waals surface area contributed by atoms with Crippen LogP contribution in [0.2, 0.25) is 0 Å². The van der Waals surface area contributed by atoms with Gasteiger partial charge in [-0.15, -0.1) is 10.2 Å². The highest BCUT2D eigenvalue weighted by Crippen LogP contribution is 2.30. The quantitative estimate of drug-likeness (QED) is 0.866. The lowest BCUT2D eigenvalue weighted by Crippen LogP contribution is -1.83. The average molecular weight is 270 g/mol. The molecule has 1 aromatic carbocycles. The summed E-state index contributed by atoms with van der Waals surface area (Å²) < 4.78 is 1.07. The van der Waals surface area contributed by atoms with Crippen LogP contribution in [0.1, 0.15) is 5.56 Å². The Morgan fingerprint density at radius 2 is 2.14 bits per heavy atom. The number of anilines is 1. The van der Waals surface area contributed by atoms with Crippen LogP contribution in [0.25, 0.3) is 10.6 Å². The fourth-order valence-corrected chi connectivity index (χ4v) is 2.24. The summed E-state index contributed by atoms with van der Waals surface area (Å²) in [7, 11) is 0. The molecule has 1 heterocycles. The van der Waals surface area contributed by atoms with Gasteiger partial charge in [-0.3, -0.25) is 0 Å². The monoisotopic (exact) mass is 269 g/mol. The first-order valence-corrected chi connectivity index (χ1v) is 5.64. The summed E-state index contributed by atoms with van der Waals surface area (Å²) in [5.74, 6) is 0. The number of benzene rings is 1. The summed E-state index contributed by atoms with van der Waals surface area (Å²) in [5.41, 5.74) is 7.77. The largest absolute Gasteiger partial charge is 0.374 e. The van der Waals surface area contributed by atoms with E-state index in [-0.39, 0.29) is 0 Å². The molecule has 0 aliphatic heterocycles. The van der Waals surface area contributed by atoms with Crippen LogP contribution in [0, 0.1) is 6.92 Å². The van der Waals surface area contributed by atoms with Gasteiger partial charge in [0.25, 0.3) is 0 Å². The van der Waals surface area contributed by atoms with Crippen molar-refractivity contribution in [1.82, 2.24) is 10.2 Å². The van der Waals surface area contributed by atoms with Crippen molar-refractivity contribution in [3.05, 3.63) is 28.2 Å². The number of aromatic nitrogens is 2. The molecule has 14 heavy (non-hydrogen) atoms. The van der Waals surface area contributed by atoms with Crippen molar-refractivity contribution in [1.29, 1.82) is 0 Å². The molecule has 0 saturated carbocycles. The number of nitrogen functional groups attached to an aromatic ring is 1. The average Bonchev–Trinajstić information content (AvgIpc) is 2.57. The van der Waals surface area contributed by atoms with Crippen molar-refractivity contribution in [3.63, 3.8) is 0 Å². The van der Waals surface area contributed by atoms with Gasteiger partial charge in [0.15, 0.2) is 0 Å². The van der Waals surface area contributed by atoms with Crippen LogP contribution >= 0.6 is 27.3 Å². The summed E-state index contributed by atoms with van der Waals surface area (Å²) in [6, 6.07) is 5.99. The van der Waals surface area contributed by atoms with Crippen LogP contribution in [0.15, 0.2) is 22.7 Å². The lowest BCUT2D eigenvalue weighted by Gasteiger charge is -2.02. The van der Waals surface area contributed by atoms with E-state index < -0.39 is 0 Å². The van der Waals surface area contributed by atoms with E-state index in [9.17, 15) is 0 Å². The number of hydrogen-bond donors (Lipinski definition) is 1. The summed E-state index contributed by atoms with van der Waals surface area (Å²) >= 11 is 4.87. The smallest absolute Gasteiger partial charge is 0.203 e. The van der Waals surface area contributed by atoms with Crippen molar-refractivity contribution < 1.29 is 0 Å². The van der Waals surface area contributed by atoms with Crippen molar-refractivity contribution in [2.45, 2.75) is 6.92 Å². The number of rotatable bonds is 1. The van der Waals surface area contributed by atoms with Gasteiger partial charge in [-0.05, 0) is 18.6 Å². The Labute approximate surface area is 94.1 Å². The molecule has 1 aromatic heterocycles. The molecule has 0 unspecified atom stereocenters. The van der Waals surface area contributed by atoms with Gasteiger partial charge in [-0.1, -0.05) is 39.4 Å². The van der Waals surface area contributed by atoms with Gasteiger partial charge in [-0.2, -0.15) is 0 Å². The lowest BCUT2D eigenvalue weighted by molar-refractivity contribution is 1.10. The first kappa shape index (κ1) is 9.61. The van der Waals surface area contributed by atoms with Crippen LogP contribution in [-0.4, -0.2) is 10.2 Å². The molecule has 2 rings (SSSR count). The van der Waals surface area contributed by atoms with Gasteiger partial charge in [0.2, 0.25) is 5.13 Å². The Bertz CT molecular complexity index is 467. The summed E-state index contributed by atoms with van der Waals surface area (Å²) in [6.45, 7) is 2.04. The second-order valence-electron chi connectivity index (χ2n) is 2.86. The lowest BCUT2D eigenvalue weighted by atomic mass is 10.1. The summed E-state index contributed by atoms with van der Waals surface area (Å²) in [4.78, 5) is 0. The van der Waals surface area contributed by atoms with E-state index in [2.05, 4.69) is 26.1 Å². The van der Waals surface area contributed by atoms with Crippen molar-refractivity contribution in [2.24, 2.45) is 0 Å². The first-order chi connectivity index (χ1) is 6.68. The number of halogens is 1. The highest BCUT2D eigenvalue weighted by Gasteiger charge is 2.08. The predicted molar refractivity (Wildman–Crippen MR) is 62.2 cm³/mol. The number of nitrogens with two attached hydrogens (primary N) is 1. The molecule has 0 radical (unpaired) electrons. The Kier molecular flexibility index (Phi) is 2.52. The Morgan fingerprint density at radius 1 is 1.36 bits per heavy atom. The Balaban J connectivity index is 2.57. The molecule has 0 saturated heterocycles. The third-order valence-electron chi connectivity index (χ3n) is 1.94. The van der Waals surface area contributed by atoms with Crippen molar-refractivity contribution >= 4 is 32.4 Å². The van der Waals surface area contributed by atoms with Crippen molar-refractivity contribution in [3.8, 4) is 10.6 Å². The fourth-order valence-electron chi connectivity index (χ4n) is 1.18. The van der Waals surface area contributed by atoms with Gasteiger partial charge < -0.3 is 5.73 Å². The minimum absolute atomic E-state index is 0.499. The van der Waals surface area contributed by atoms with Gasteiger partial charge in [-0.25, -0.2) is 0 Å². The molecule has 0 spiro atoms. The highest BCUT2D eigenvalue weighted by molar-refractivity contribution is 9.10. The minimum Gasteiger partial charge on any atom is -0.374 e. The molecule has 0 bridgehead atoms. The topological polar surface area (TPSA) is 51.8 Å². The van der Waals surface area contributed by atoms with E-state index >= 15 is 0 Å². The summed E-state index contributed by atoms with van der Waals surface area (Å²) in [5, 5.41) is 9.17. The molecule has 0 amide bonds. The van der Waals surface area contributed by atoms with E-state index in [1.807, 2.05) is 25.1 Å². The van der Waals surface area contributed by atoms with Gasteiger partial charge in [0, 0.05) is 10.0 Å². The Hall–Kier alpha value is -0.940. The van der Waals surface area contributed by atoms with Crippen molar-refractivity contribution in [2.75, 3.05) is 5.73 Å². The third-order valence-corrected chi connectivity index (χ3v) is 3.58. The molecule has 0 atom stereocenters. The zero-order valence-electron chi connectivity index (χ0n) is 7.49. The zero-order chi connectivity index (χ0) is 10.1. The molecule has 2 N–H and O–H groups in total. The maximum absolute atomic E-state index is 5.54. The van der Waals surface area contributed by atoms with Gasteiger partial charge >= 0.3 is 0 Å². The fraction of sp³-hybridized carbons (Fsp3) is 0.111. The van der Waals surface area contributed by atoms with E-state index in [1.54, 1.807) is 0 Å². The van der Waals surface area contributed by atoms with Crippen LogP contribution in [0.5, 0.6) is 0 Å². The van der Waals surface area contributed by atoms with Gasteiger partial charge in [0.1, 0.15) is 5.01 Å². The molecule has 0 aliphatic rings. The molecule has 72 valence electrons. The maximum Gasteiger partial charge on any atom is 0.203 e. The summed E-state index contributed by atoms with van der Waals surface area (Å²) in [6.07, 6.45) is 0. The van der Waals surface area contributed by atoms with Crippen LogP contribution in [0.4, 0.5) is 5.13 Å². The van der Waals surface area contributed by atoms with Crippen LogP contribution in [0.3, 0.4) is 0 Å². The van der Waals surface area contributed by atoms with E-state index in [4.69, 9.17) is 5.73 Å². The van der Waals surface area contributed by atoms with E-state index in [0.717, 1.165) is 20.6 Å². The zero-order valence-corrected chi connectivity index (χ0v) is 9.89. The molecule has 2 aromatic rings. The molecule has 3 nitrogen and oxygen atoms in total. The van der Waals surface area contributed by atoms with E-state index in [0.29, 0.717) is 5.13 Å². The van der Waals surface area contributed by atoms with Crippen LogP contribution in [-0.2, 0) is 0 Å². The van der Waals surface area contributed by atoms with Crippen LogP contribution < -0.4 is 5.73 Å². The number of hydrogen-bond acceptors (Lipinski definition) is 4. The second-order valence-corrected chi connectivity index (χ2v) is 4.72. The maximum atomic E-state index is 5.54. The predicted octanol–water partition coefficient (Wildman–Crippen LogP) is 2.86. The highest BCUT2D eigenvalue weighted by atomic mass is 79.9. The van der Waals surface area contributed by atoms with Gasteiger partial charge in [0.05, 0.1) is 0 Å². The molecule has 0 aliphatic carbocycles. The Morgan fingerprint density at radius 3 is 2.79 bits per heavy atom. The second kappa shape index (κ2) is 3.67. The SMILES string of the molecule is Cc1c(Br)cccc1-c1nnc(N)s1.